The van der Waals surface area contributed by atoms with E-state index in [0.717, 1.165) is 5.69 Å². The van der Waals surface area contributed by atoms with Crippen molar-refractivity contribution in [1.82, 2.24) is 15.0 Å². The minimum Gasteiger partial charge on any atom is -0.493 e. The van der Waals surface area contributed by atoms with Crippen LogP contribution in [0, 0.1) is 6.92 Å². The Morgan fingerprint density at radius 2 is 2.03 bits per heavy atom. The second kappa shape index (κ2) is 8.55. The van der Waals surface area contributed by atoms with Gasteiger partial charge in [0, 0.05) is 24.0 Å². The van der Waals surface area contributed by atoms with Crippen molar-refractivity contribution in [1.29, 1.82) is 0 Å². The molecule has 0 fully saturated rings. The molecule has 0 atom stereocenters. The summed E-state index contributed by atoms with van der Waals surface area (Å²) in [7, 11) is 3.06. The molecule has 1 aromatic carbocycles. The summed E-state index contributed by atoms with van der Waals surface area (Å²) in [5, 5.41) is 4.36. The standard InChI is InChI=1S/C21H22N4O4/c1-5-25-12-16(18(26)15-10-9-13(2)23-20(15)25)21(27)24-22-11-14-7-6-8-17(28-3)19(14)29-4/h6-12H,5H2,1-4H3,(H,24,27)/b22-11+. The highest BCUT2D eigenvalue weighted by Gasteiger charge is 2.16. The number of pyridine rings is 2. The van der Waals surface area contributed by atoms with Crippen LogP contribution in [0.4, 0.5) is 0 Å². The maximum Gasteiger partial charge on any atom is 0.276 e. The zero-order chi connectivity index (χ0) is 21.0. The van der Waals surface area contributed by atoms with E-state index < -0.39 is 5.91 Å². The molecule has 1 amide bonds. The number of benzene rings is 1. The van der Waals surface area contributed by atoms with Crippen LogP contribution >= 0.6 is 0 Å². The molecule has 2 aromatic heterocycles. The molecule has 0 unspecified atom stereocenters. The number of methoxy groups -OCH3 is 2. The molecule has 29 heavy (non-hydrogen) atoms. The fourth-order valence-electron chi connectivity index (χ4n) is 3.00. The van der Waals surface area contributed by atoms with E-state index in [1.807, 2.05) is 13.8 Å². The Labute approximate surface area is 167 Å². The van der Waals surface area contributed by atoms with Gasteiger partial charge in [0.1, 0.15) is 11.2 Å². The lowest BCUT2D eigenvalue weighted by Gasteiger charge is -2.11. The van der Waals surface area contributed by atoms with Gasteiger partial charge in [-0.2, -0.15) is 5.10 Å². The predicted octanol–water partition coefficient (Wildman–Crippen LogP) is 2.51. The van der Waals surface area contributed by atoms with Gasteiger partial charge in [-0.3, -0.25) is 9.59 Å². The number of nitrogens with zero attached hydrogens (tertiary/aromatic N) is 3. The first-order valence-electron chi connectivity index (χ1n) is 9.05. The first-order valence-corrected chi connectivity index (χ1v) is 9.05. The summed E-state index contributed by atoms with van der Waals surface area (Å²) in [6.07, 6.45) is 2.94. The number of nitrogens with one attached hydrogen (secondary N) is 1. The number of ether oxygens (including phenoxy) is 2. The highest BCUT2D eigenvalue weighted by molar-refractivity contribution is 5.97. The van der Waals surface area contributed by atoms with Gasteiger partial charge in [0.25, 0.3) is 5.91 Å². The lowest BCUT2D eigenvalue weighted by atomic mass is 10.1. The Kier molecular flexibility index (Phi) is 5.92. The molecule has 0 aliphatic heterocycles. The number of fused-ring (bicyclic) bond motifs is 1. The number of para-hydroxylation sites is 1. The van der Waals surface area contributed by atoms with Crippen molar-refractivity contribution in [3.8, 4) is 11.5 Å². The average molecular weight is 394 g/mol. The zero-order valence-corrected chi connectivity index (χ0v) is 16.7. The first-order chi connectivity index (χ1) is 14.0. The van der Waals surface area contributed by atoms with Crippen LogP contribution in [0.25, 0.3) is 11.0 Å². The molecule has 0 bridgehead atoms. The third-order valence-corrected chi connectivity index (χ3v) is 4.45. The van der Waals surface area contributed by atoms with Crippen molar-refractivity contribution < 1.29 is 14.3 Å². The Bertz CT molecular complexity index is 1150. The molecule has 8 heteroatoms. The number of amides is 1. The van der Waals surface area contributed by atoms with Gasteiger partial charge in [-0.1, -0.05) is 6.07 Å². The number of carbonyl (C=O) groups excluding carboxylic acids is 1. The minimum atomic E-state index is -0.599. The average Bonchev–Trinajstić information content (AvgIpc) is 2.73. The molecule has 8 nitrogen and oxygen atoms in total. The van der Waals surface area contributed by atoms with Gasteiger partial charge in [-0.15, -0.1) is 0 Å². The van der Waals surface area contributed by atoms with Crippen LogP contribution in [-0.4, -0.2) is 35.9 Å². The van der Waals surface area contributed by atoms with Crippen LogP contribution in [0.15, 0.2) is 46.4 Å². The highest BCUT2D eigenvalue weighted by atomic mass is 16.5. The summed E-state index contributed by atoms with van der Waals surface area (Å²) in [4.78, 5) is 29.8. The topological polar surface area (TPSA) is 94.8 Å². The number of rotatable bonds is 6. The molecule has 0 aliphatic rings. The van der Waals surface area contributed by atoms with Crippen LogP contribution in [0.3, 0.4) is 0 Å². The number of carbonyl (C=O) groups is 1. The monoisotopic (exact) mass is 394 g/mol. The second-order valence-electron chi connectivity index (χ2n) is 6.26. The molecular weight excluding hydrogens is 372 g/mol. The molecule has 3 rings (SSSR count). The number of hydrogen-bond acceptors (Lipinski definition) is 6. The van der Waals surface area contributed by atoms with Gasteiger partial charge in [-0.05, 0) is 38.1 Å². The Morgan fingerprint density at radius 3 is 2.72 bits per heavy atom. The molecule has 0 saturated carbocycles. The van der Waals surface area contributed by atoms with Crippen molar-refractivity contribution in [3.05, 3.63) is 63.6 Å². The molecular formula is C21H22N4O4. The van der Waals surface area contributed by atoms with Crippen LogP contribution in [0.2, 0.25) is 0 Å². The van der Waals surface area contributed by atoms with Crippen molar-refractivity contribution in [2.45, 2.75) is 20.4 Å². The third kappa shape index (κ3) is 3.96. The van der Waals surface area contributed by atoms with Crippen molar-refractivity contribution in [2.75, 3.05) is 14.2 Å². The van der Waals surface area contributed by atoms with E-state index in [-0.39, 0.29) is 11.0 Å². The van der Waals surface area contributed by atoms with Crippen LogP contribution < -0.4 is 20.3 Å². The fourth-order valence-corrected chi connectivity index (χ4v) is 3.00. The number of hydrazone groups is 1. The molecule has 0 aliphatic carbocycles. The van der Waals surface area contributed by atoms with Crippen LogP contribution in [0.5, 0.6) is 11.5 Å². The lowest BCUT2D eigenvalue weighted by Crippen LogP contribution is -2.27. The van der Waals surface area contributed by atoms with Crippen molar-refractivity contribution in [3.63, 3.8) is 0 Å². The molecule has 3 aromatic rings. The van der Waals surface area contributed by atoms with Gasteiger partial charge in [0.2, 0.25) is 5.43 Å². The SMILES string of the molecule is CCn1cc(C(=O)N/N=C/c2cccc(OC)c2OC)c(=O)c2ccc(C)nc21. The molecule has 1 N–H and O–H groups in total. The van der Waals surface area contributed by atoms with E-state index in [2.05, 4.69) is 15.5 Å². The van der Waals surface area contributed by atoms with Gasteiger partial charge in [0.15, 0.2) is 11.5 Å². The summed E-state index contributed by atoms with van der Waals surface area (Å²) in [6.45, 7) is 4.34. The minimum absolute atomic E-state index is 0.000222. The molecule has 0 radical (unpaired) electrons. The molecule has 0 saturated heterocycles. The summed E-state index contributed by atoms with van der Waals surface area (Å²) < 4.78 is 12.3. The summed E-state index contributed by atoms with van der Waals surface area (Å²) in [6, 6.07) is 8.74. The fraction of sp³-hybridized carbons (Fsp3) is 0.238. The largest absolute Gasteiger partial charge is 0.493 e. The zero-order valence-electron chi connectivity index (χ0n) is 16.7. The summed E-state index contributed by atoms with van der Waals surface area (Å²) in [5.74, 6) is 0.442. The molecule has 0 spiro atoms. The van der Waals surface area contributed by atoms with Crippen LogP contribution in [0.1, 0.15) is 28.5 Å². The van der Waals surface area contributed by atoms with Gasteiger partial charge in [-0.25, -0.2) is 10.4 Å². The van der Waals surface area contributed by atoms with Gasteiger partial charge >= 0.3 is 0 Å². The lowest BCUT2D eigenvalue weighted by molar-refractivity contribution is 0.0953. The Morgan fingerprint density at radius 1 is 1.24 bits per heavy atom. The maximum absolute atomic E-state index is 12.8. The number of hydrogen-bond donors (Lipinski definition) is 1. The Hall–Kier alpha value is -3.68. The summed E-state index contributed by atoms with van der Waals surface area (Å²) in [5.41, 5.74) is 3.99. The first kappa shape index (κ1) is 20.1. The molecule has 150 valence electrons. The number of aryl methyl sites for hydroxylation is 2. The second-order valence-corrected chi connectivity index (χ2v) is 6.26. The van der Waals surface area contributed by atoms with E-state index in [0.29, 0.717) is 34.6 Å². The van der Waals surface area contributed by atoms with E-state index >= 15 is 0 Å². The predicted molar refractivity (Wildman–Crippen MR) is 111 cm³/mol. The molecule has 2 heterocycles. The quantitative estimate of drug-likeness (QED) is 0.512. The van der Waals surface area contributed by atoms with Crippen LogP contribution in [-0.2, 0) is 6.54 Å². The third-order valence-electron chi connectivity index (χ3n) is 4.45. The van der Waals surface area contributed by atoms with Gasteiger partial charge in [0.05, 0.1) is 25.8 Å². The maximum atomic E-state index is 12.8. The number of aromatic nitrogens is 2. The summed E-state index contributed by atoms with van der Waals surface area (Å²) >= 11 is 0. The van der Waals surface area contributed by atoms with E-state index in [9.17, 15) is 9.59 Å². The van der Waals surface area contributed by atoms with Crippen molar-refractivity contribution >= 4 is 23.2 Å². The highest BCUT2D eigenvalue weighted by Crippen LogP contribution is 2.29. The Balaban J connectivity index is 1.91. The van der Waals surface area contributed by atoms with E-state index in [1.165, 1.54) is 26.6 Å². The van der Waals surface area contributed by atoms with E-state index in [1.54, 1.807) is 34.9 Å². The van der Waals surface area contributed by atoms with Crippen molar-refractivity contribution in [2.24, 2.45) is 5.10 Å². The normalized spacial score (nSPS) is 11.0. The van der Waals surface area contributed by atoms with Gasteiger partial charge < -0.3 is 14.0 Å². The van der Waals surface area contributed by atoms with E-state index in [4.69, 9.17) is 9.47 Å². The smallest absolute Gasteiger partial charge is 0.276 e.